The van der Waals surface area contributed by atoms with Gasteiger partial charge in [-0.3, -0.25) is 5.10 Å². The van der Waals surface area contributed by atoms with Crippen molar-refractivity contribution in [1.82, 2.24) is 10.2 Å². The van der Waals surface area contributed by atoms with Crippen molar-refractivity contribution in [3.05, 3.63) is 22.9 Å². The zero-order valence-electron chi connectivity index (χ0n) is 6.04. The van der Waals surface area contributed by atoms with Crippen molar-refractivity contribution < 1.29 is 4.42 Å². The SMILES string of the molecule is Nc1cc(-c2occc2Br)[nH]n1. The maximum Gasteiger partial charge on any atom is 0.165 e. The summed E-state index contributed by atoms with van der Waals surface area (Å²) in [6.07, 6.45) is 1.59. The van der Waals surface area contributed by atoms with Crippen molar-refractivity contribution >= 4 is 21.7 Å². The molecule has 0 atom stereocenters. The number of hydrogen-bond donors (Lipinski definition) is 2. The Morgan fingerprint density at radius 2 is 2.42 bits per heavy atom. The summed E-state index contributed by atoms with van der Waals surface area (Å²) >= 11 is 3.33. The molecule has 2 rings (SSSR count). The van der Waals surface area contributed by atoms with Gasteiger partial charge in [-0.1, -0.05) is 0 Å². The number of halogens is 1. The molecule has 0 unspecified atom stereocenters. The van der Waals surface area contributed by atoms with Crippen molar-refractivity contribution in [2.75, 3.05) is 5.73 Å². The van der Waals surface area contributed by atoms with E-state index in [2.05, 4.69) is 26.1 Å². The number of aromatic nitrogens is 2. The molecule has 0 saturated carbocycles. The second-order valence-electron chi connectivity index (χ2n) is 2.30. The van der Waals surface area contributed by atoms with Crippen LogP contribution in [-0.2, 0) is 0 Å². The van der Waals surface area contributed by atoms with Crippen molar-refractivity contribution in [3.63, 3.8) is 0 Å². The summed E-state index contributed by atoms with van der Waals surface area (Å²) in [7, 11) is 0. The van der Waals surface area contributed by atoms with Crippen LogP contribution in [0.5, 0.6) is 0 Å². The molecule has 0 aromatic carbocycles. The van der Waals surface area contributed by atoms with Crippen molar-refractivity contribution in [2.45, 2.75) is 0 Å². The van der Waals surface area contributed by atoms with Gasteiger partial charge in [-0.05, 0) is 22.0 Å². The third-order valence-corrected chi connectivity index (χ3v) is 2.08. The summed E-state index contributed by atoms with van der Waals surface area (Å²) in [5.74, 6) is 1.16. The minimum Gasteiger partial charge on any atom is -0.462 e. The third kappa shape index (κ3) is 1.12. The molecule has 0 aliphatic rings. The number of hydrogen-bond acceptors (Lipinski definition) is 3. The van der Waals surface area contributed by atoms with E-state index in [-0.39, 0.29) is 0 Å². The summed E-state index contributed by atoms with van der Waals surface area (Å²) < 4.78 is 6.07. The van der Waals surface area contributed by atoms with Gasteiger partial charge in [0.25, 0.3) is 0 Å². The summed E-state index contributed by atoms with van der Waals surface area (Å²) in [6.45, 7) is 0. The van der Waals surface area contributed by atoms with Crippen LogP contribution in [0.2, 0.25) is 0 Å². The Balaban J connectivity index is 2.50. The van der Waals surface area contributed by atoms with E-state index in [4.69, 9.17) is 10.2 Å². The largest absolute Gasteiger partial charge is 0.462 e. The molecule has 0 spiro atoms. The highest BCUT2D eigenvalue weighted by Crippen LogP contribution is 2.28. The van der Waals surface area contributed by atoms with Gasteiger partial charge in [0.2, 0.25) is 0 Å². The van der Waals surface area contributed by atoms with Crippen LogP contribution in [0.25, 0.3) is 11.5 Å². The fraction of sp³-hybridized carbons (Fsp3) is 0. The van der Waals surface area contributed by atoms with Gasteiger partial charge >= 0.3 is 0 Å². The zero-order chi connectivity index (χ0) is 8.55. The van der Waals surface area contributed by atoms with Gasteiger partial charge in [-0.2, -0.15) is 5.10 Å². The molecule has 12 heavy (non-hydrogen) atoms. The zero-order valence-corrected chi connectivity index (χ0v) is 7.63. The van der Waals surface area contributed by atoms with Gasteiger partial charge in [0.1, 0.15) is 11.5 Å². The van der Waals surface area contributed by atoms with Crippen molar-refractivity contribution in [1.29, 1.82) is 0 Å². The first kappa shape index (κ1) is 7.42. The summed E-state index contributed by atoms with van der Waals surface area (Å²) in [5.41, 5.74) is 6.20. The maximum atomic E-state index is 5.44. The highest BCUT2D eigenvalue weighted by molar-refractivity contribution is 9.10. The van der Waals surface area contributed by atoms with E-state index in [1.165, 1.54) is 0 Å². The Morgan fingerprint density at radius 1 is 1.58 bits per heavy atom. The van der Waals surface area contributed by atoms with Crippen LogP contribution < -0.4 is 5.73 Å². The van der Waals surface area contributed by atoms with Gasteiger partial charge in [-0.15, -0.1) is 0 Å². The smallest absolute Gasteiger partial charge is 0.165 e. The molecule has 4 nitrogen and oxygen atoms in total. The molecule has 3 N–H and O–H groups in total. The average Bonchev–Trinajstić information content (AvgIpc) is 2.58. The van der Waals surface area contributed by atoms with E-state index >= 15 is 0 Å². The second kappa shape index (κ2) is 2.67. The molecule has 62 valence electrons. The summed E-state index contributed by atoms with van der Waals surface area (Å²) in [4.78, 5) is 0. The highest BCUT2D eigenvalue weighted by atomic mass is 79.9. The number of nitrogens with zero attached hydrogens (tertiary/aromatic N) is 1. The van der Waals surface area contributed by atoms with Crippen molar-refractivity contribution in [3.8, 4) is 11.5 Å². The molecule has 0 aliphatic carbocycles. The standard InChI is InChI=1S/C7H6BrN3O/c8-4-1-2-12-7(4)5-3-6(9)11-10-5/h1-3H,(H3,9,10,11). The quantitative estimate of drug-likeness (QED) is 0.784. The predicted molar refractivity (Wildman–Crippen MR) is 48.4 cm³/mol. The van der Waals surface area contributed by atoms with E-state index in [0.717, 1.165) is 10.2 Å². The maximum absolute atomic E-state index is 5.44. The lowest BCUT2D eigenvalue weighted by Gasteiger charge is -1.89. The average molecular weight is 228 g/mol. The lowest BCUT2D eigenvalue weighted by molar-refractivity contribution is 0.578. The molecule has 0 fully saturated rings. The normalized spacial score (nSPS) is 10.4. The number of nitrogen functional groups attached to an aromatic ring is 1. The van der Waals surface area contributed by atoms with Crippen molar-refractivity contribution in [2.24, 2.45) is 0 Å². The van der Waals surface area contributed by atoms with E-state index in [9.17, 15) is 0 Å². The first-order chi connectivity index (χ1) is 5.77. The number of nitrogens with one attached hydrogen (secondary N) is 1. The van der Waals surface area contributed by atoms with E-state index in [1.807, 2.05) is 6.07 Å². The number of nitrogens with two attached hydrogens (primary N) is 1. The number of H-pyrrole nitrogens is 1. The molecule has 2 aromatic rings. The molecular formula is C7H6BrN3O. The van der Waals surface area contributed by atoms with Gasteiger partial charge in [0.15, 0.2) is 5.76 Å². The van der Waals surface area contributed by atoms with Crippen LogP contribution in [0.1, 0.15) is 0 Å². The lowest BCUT2D eigenvalue weighted by atomic mass is 10.3. The van der Waals surface area contributed by atoms with Crippen LogP contribution >= 0.6 is 15.9 Å². The number of furan rings is 1. The van der Waals surface area contributed by atoms with E-state index in [0.29, 0.717) is 11.6 Å². The Labute approximate surface area is 76.9 Å². The lowest BCUT2D eigenvalue weighted by Crippen LogP contribution is -1.81. The third-order valence-electron chi connectivity index (χ3n) is 1.46. The van der Waals surface area contributed by atoms with Crippen LogP contribution in [0.15, 0.2) is 27.3 Å². The monoisotopic (exact) mass is 227 g/mol. The fourth-order valence-electron chi connectivity index (χ4n) is 0.939. The molecule has 2 heterocycles. The van der Waals surface area contributed by atoms with E-state index < -0.39 is 0 Å². The first-order valence-corrected chi connectivity index (χ1v) is 4.11. The molecule has 2 aromatic heterocycles. The topological polar surface area (TPSA) is 67.8 Å². The van der Waals surface area contributed by atoms with Crippen LogP contribution in [0.4, 0.5) is 5.82 Å². The number of rotatable bonds is 1. The van der Waals surface area contributed by atoms with E-state index in [1.54, 1.807) is 12.3 Å². The molecule has 5 heteroatoms. The van der Waals surface area contributed by atoms with Gasteiger partial charge < -0.3 is 10.2 Å². The molecule has 0 bridgehead atoms. The summed E-state index contributed by atoms with van der Waals surface area (Å²) in [5, 5.41) is 6.54. The van der Waals surface area contributed by atoms with Gasteiger partial charge in [-0.25, -0.2) is 0 Å². The second-order valence-corrected chi connectivity index (χ2v) is 3.16. The fourth-order valence-corrected chi connectivity index (χ4v) is 1.35. The Hall–Kier alpha value is -1.23. The Morgan fingerprint density at radius 3 is 2.92 bits per heavy atom. The van der Waals surface area contributed by atoms with Crippen LogP contribution in [0.3, 0.4) is 0 Å². The molecule has 0 saturated heterocycles. The molecular weight excluding hydrogens is 222 g/mol. The summed E-state index contributed by atoms with van der Waals surface area (Å²) in [6, 6.07) is 3.52. The minimum absolute atomic E-state index is 0.452. The number of anilines is 1. The van der Waals surface area contributed by atoms with Gasteiger partial charge in [0.05, 0.1) is 10.7 Å². The minimum atomic E-state index is 0.452. The van der Waals surface area contributed by atoms with Crippen LogP contribution in [0, 0.1) is 0 Å². The van der Waals surface area contributed by atoms with Gasteiger partial charge in [0, 0.05) is 6.07 Å². The molecule has 0 aliphatic heterocycles. The Kier molecular flexibility index (Phi) is 1.65. The Bertz CT molecular complexity index is 393. The predicted octanol–water partition coefficient (Wildman–Crippen LogP) is 2.01. The first-order valence-electron chi connectivity index (χ1n) is 3.31. The molecule has 0 amide bonds. The molecule has 0 radical (unpaired) electrons. The number of aromatic amines is 1. The highest BCUT2D eigenvalue weighted by Gasteiger charge is 2.08. The van der Waals surface area contributed by atoms with Crippen LogP contribution in [-0.4, -0.2) is 10.2 Å².